The molecular formula is C22H17BrN2O5. The molecule has 30 heavy (non-hydrogen) atoms. The number of hydrogen-bond acceptors (Lipinski definition) is 5. The molecule has 1 aliphatic heterocycles. The third-order valence-electron chi connectivity index (χ3n) is 4.06. The summed E-state index contributed by atoms with van der Waals surface area (Å²) in [5, 5.41) is 2.19. The number of amides is 4. The van der Waals surface area contributed by atoms with Crippen molar-refractivity contribution in [3.05, 3.63) is 58.1 Å². The van der Waals surface area contributed by atoms with Crippen LogP contribution in [0.25, 0.3) is 6.08 Å². The maximum absolute atomic E-state index is 13.0. The SMILES string of the molecule is C#CCOc1ccc(/C=C2/C(=O)NC(=O)N(c3cccc(Br)c3)C2=O)cc1OCC. The van der Waals surface area contributed by atoms with Crippen molar-refractivity contribution in [2.75, 3.05) is 18.1 Å². The minimum Gasteiger partial charge on any atom is -0.490 e. The molecule has 1 aliphatic rings. The summed E-state index contributed by atoms with van der Waals surface area (Å²) in [4.78, 5) is 38.5. The number of halogens is 1. The van der Waals surface area contributed by atoms with Crippen molar-refractivity contribution in [3.63, 3.8) is 0 Å². The number of ether oxygens (including phenoxy) is 2. The zero-order valence-corrected chi connectivity index (χ0v) is 17.6. The number of rotatable bonds is 6. The molecule has 2 aromatic carbocycles. The number of carbonyl (C=O) groups excluding carboxylic acids is 3. The van der Waals surface area contributed by atoms with Crippen molar-refractivity contribution in [2.24, 2.45) is 0 Å². The monoisotopic (exact) mass is 468 g/mol. The van der Waals surface area contributed by atoms with E-state index in [9.17, 15) is 14.4 Å². The fraction of sp³-hybridized carbons (Fsp3) is 0.136. The van der Waals surface area contributed by atoms with E-state index in [4.69, 9.17) is 15.9 Å². The molecule has 0 radical (unpaired) electrons. The van der Waals surface area contributed by atoms with E-state index in [0.717, 1.165) is 4.90 Å². The number of carbonyl (C=O) groups is 3. The molecule has 1 heterocycles. The van der Waals surface area contributed by atoms with Crippen LogP contribution in [0.5, 0.6) is 11.5 Å². The second-order valence-electron chi connectivity index (χ2n) is 6.07. The van der Waals surface area contributed by atoms with E-state index in [-0.39, 0.29) is 12.2 Å². The largest absolute Gasteiger partial charge is 0.490 e. The van der Waals surface area contributed by atoms with E-state index >= 15 is 0 Å². The Kier molecular flexibility index (Phi) is 6.54. The second-order valence-corrected chi connectivity index (χ2v) is 6.99. The van der Waals surface area contributed by atoms with Gasteiger partial charge in [0.05, 0.1) is 12.3 Å². The van der Waals surface area contributed by atoms with E-state index in [0.29, 0.717) is 33.8 Å². The van der Waals surface area contributed by atoms with Gasteiger partial charge in [0.15, 0.2) is 11.5 Å². The Labute approximate surface area is 181 Å². The molecule has 7 nitrogen and oxygen atoms in total. The molecule has 0 saturated carbocycles. The average Bonchev–Trinajstić information content (AvgIpc) is 2.70. The number of nitrogens with one attached hydrogen (secondary N) is 1. The highest BCUT2D eigenvalue weighted by Gasteiger charge is 2.36. The van der Waals surface area contributed by atoms with Crippen LogP contribution in [0.3, 0.4) is 0 Å². The number of barbiturate groups is 1. The van der Waals surface area contributed by atoms with Gasteiger partial charge in [0.1, 0.15) is 12.2 Å². The van der Waals surface area contributed by atoms with Crippen molar-refractivity contribution in [1.29, 1.82) is 0 Å². The van der Waals surface area contributed by atoms with E-state index in [1.165, 1.54) is 6.08 Å². The number of imide groups is 2. The van der Waals surface area contributed by atoms with E-state index in [1.54, 1.807) is 42.5 Å². The van der Waals surface area contributed by atoms with Crippen molar-refractivity contribution in [2.45, 2.75) is 6.92 Å². The van der Waals surface area contributed by atoms with Gasteiger partial charge in [-0.15, -0.1) is 6.42 Å². The minimum absolute atomic E-state index is 0.0745. The van der Waals surface area contributed by atoms with Crippen LogP contribution in [0.2, 0.25) is 0 Å². The molecule has 1 fully saturated rings. The second kappa shape index (κ2) is 9.29. The Balaban J connectivity index is 1.98. The summed E-state index contributed by atoms with van der Waals surface area (Å²) in [6.07, 6.45) is 6.62. The number of nitrogens with zero attached hydrogens (tertiary/aromatic N) is 1. The van der Waals surface area contributed by atoms with Crippen molar-refractivity contribution in [3.8, 4) is 23.8 Å². The van der Waals surface area contributed by atoms with Gasteiger partial charge in [0, 0.05) is 4.47 Å². The van der Waals surface area contributed by atoms with E-state index in [1.807, 2.05) is 6.92 Å². The molecule has 8 heteroatoms. The fourth-order valence-electron chi connectivity index (χ4n) is 2.80. The molecule has 3 rings (SSSR count). The third-order valence-corrected chi connectivity index (χ3v) is 4.55. The van der Waals surface area contributed by atoms with Gasteiger partial charge in [-0.1, -0.05) is 34.0 Å². The van der Waals surface area contributed by atoms with Gasteiger partial charge in [-0.05, 0) is 48.9 Å². The molecule has 1 N–H and O–H groups in total. The predicted molar refractivity (Wildman–Crippen MR) is 115 cm³/mol. The van der Waals surface area contributed by atoms with Gasteiger partial charge < -0.3 is 9.47 Å². The molecule has 0 unspecified atom stereocenters. The number of terminal acetylenes is 1. The lowest BCUT2D eigenvalue weighted by atomic mass is 10.1. The minimum atomic E-state index is -0.812. The molecule has 0 bridgehead atoms. The smallest absolute Gasteiger partial charge is 0.335 e. The summed E-state index contributed by atoms with van der Waals surface area (Å²) in [6.45, 7) is 2.28. The van der Waals surface area contributed by atoms with Gasteiger partial charge in [0.2, 0.25) is 0 Å². The van der Waals surface area contributed by atoms with Crippen LogP contribution in [0.15, 0.2) is 52.5 Å². The third kappa shape index (κ3) is 4.53. The van der Waals surface area contributed by atoms with Crippen LogP contribution in [0.4, 0.5) is 10.5 Å². The first-order chi connectivity index (χ1) is 14.4. The van der Waals surface area contributed by atoms with Gasteiger partial charge in [0.25, 0.3) is 11.8 Å². The lowest BCUT2D eigenvalue weighted by Gasteiger charge is -2.26. The quantitative estimate of drug-likeness (QED) is 0.398. The first-order valence-corrected chi connectivity index (χ1v) is 9.74. The topological polar surface area (TPSA) is 84.9 Å². The van der Waals surface area contributed by atoms with E-state index in [2.05, 4.69) is 27.2 Å². The zero-order chi connectivity index (χ0) is 21.7. The Morgan fingerprint density at radius 1 is 1.13 bits per heavy atom. The van der Waals surface area contributed by atoms with Crippen LogP contribution >= 0.6 is 15.9 Å². The highest BCUT2D eigenvalue weighted by Crippen LogP contribution is 2.30. The molecule has 1 saturated heterocycles. The van der Waals surface area contributed by atoms with E-state index < -0.39 is 17.8 Å². The van der Waals surface area contributed by atoms with Gasteiger partial charge in [-0.3, -0.25) is 14.9 Å². The first kappa shape index (κ1) is 21.1. The van der Waals surface area contributed by atoms with Crippen LogP contribution in [0.1, 0.15) is 12.5 Å². The summed E-state index contributed by atoms with van der Waals surface area (Å²) in [5.41, 5.74) is 0.668. The molecule has 0 spiro atoms. The number of anilines is 1. The fourth-order valence-corrected chi connectivity index (χ4v) is 3.18. The molecular weight excluding hydrogens is 452 g/mol. The maximum Gasteiger partial charge on any atom is 0.335 e. The Morgan fingerprint density at radius 2 is 1.93 bits per heavy atom. The highest BCUT2D eigenvalue weighted by molar-refractivity contribution is 9.10. The maximum atomic E-state index is 13.0. The Bertz CT molecular complexity index is 1090. The van der Waals surface area contributed by atoms with Gasteiger partial charge in [-0.25, -0.2) is 9.69 Å². The lowest BCUT2D eigenvalue weighted by Crippen LogP contribution is -2.54. The zero-order valence-electron chi connectivity index (χ0n) is 16.0. The van der Waals surface area contributed by atoms with Gasteiger partial charge >= 0.3 is 6.03 Å². The number of hydrogen-bond donors (Lipinski definition) is 1. The van der Waals surface area contributed by atoms with Crippen molar-refractivity contribution in [1.82, 2.24) is 5.32 Å². The molecule has 2 aromatic rings. The summed E-state index contributed by atoms with van der Waals surface area (Å²) < 4.78 is 11.7. The van der Waals surface area contributed by atoms with Crippen LogP contribution in [-0.4, -0.2) is 31.1 Å². The standard InChI is InChI=1S/C22H17BrN2O5/c1-3-10-30-18-9-8-14(12-19(18)29-4-2)11-17-20(26)24-22(28)25(21(17)27)16-7-5-6-15(23)13-16/h1,5-9,11-13H,4,10H2,2H3,(H,24,26,28)/b17-11-. The van der Waals surface area contributed by atoms with Crippen molar-refractivity contribution < 1.29 is 23.9 Å². The summed E-state index contributed by atoms with van der Waals surface area (Å²) in [5.74, 6) is 1.74. The lowest BCUT2D eigenvalue weighted by molar-refractivity contribution is -0.122. The molecule has 0 atom stereocenters. The average molecular weight is 469 g/mol. The normalized spacial score (nSPS) is 15.0. The number of urea groups is 1. The summed E-state index contributed by atoms with van der Waals surface area (Å²) in [7, 11) is 0. The molecule has 0 aliphatic carbocycles. The molecule has 4 amide bonds. The molecule has 0 aromatic heterocycles. The number of benzene rings is 2. The summed E-state index contributed by atoms with van der Waals surface area (Å²) in [6, 6.07) is 10.8. The highest BCUT2D eigenvalue weighted by atomic mass is 79.9. The molecule has 152 valence electrons. The Hall–Kier alpha value is -3.57. The van der Waals surface area contributed by atoms with Crippen LogP contribution < -0.4 is 19.7 Å². The predicted octanol–water partition coefficient (Wildman–Crippen LogP) is 3.53. The van der Waals surface area contributed by atoms with Gasteiger partial charge in [-0.2, -0.15) is 0 Å². The van der Waals surface area contributed by atoms with Crippen molar-refractivity contribution >= 4 is 45.5 Å². The summed E-state index contributed by atoms with van der Waals surface area (Å²) >= 11 is 3.31. The van der Waals surface area contributed by atoms with Crippen LogP contribution in [0, 0.1) is 12.3 Å². The Morgan fingerprint density at radius 3 is 2.63 bits per heavy atom. The van der Waals surface area contributed by atoms with Crippen LogP contribution in [-0.2, 0) is 9.59 Å². The first-order valence-electron chi connectivity index (χ1n) is 8.94.